The van der Waals surface area contributed by atoms with Gasteiger partial charge in [0.1, 0.15) is 0 Å². The highest BCUT2D eigenvalue weighted by Crippen LogP contribution is 2.17. The van der Waals surface area contributed by atoms with Crippen molar-refractivity contribution in [3.8, 4) is 0 Å². The largest absolute Gasteiger partial charge is 0.465 e. The number of rotatable bonds is 7. The fourth-order valence-corrected chi connectivity index (χ4v) is 2.16. The van der Waals surface area contributed by atoms with Crippen LogP contribution in [0.2, 0.25) is 25.7 Å². The number of hydrogen-bond acceptors (Lipinski definition) is 6. The molecular weight excluding hydrogens is 282 g/mol. The maximum atomic E-state index is 11.4. The Morgan fingerprint density at radius 3 is 2.65 bits per heavy atom. The summed E-state index contributed by atoms with van der Waals surface area (Å²) in [4.78, 5) is 21.5. The van der Waals surface area contributed by atoms with Crippen LogP contribution in [0.4, 0.5) is 5.82 Å². The molecule has 0 amide bonds. The zero-order valence-electron chi connectivity index (χ0n) is 12.1. The second-order valence-electron chi connectivity index (χ2n) is 5.50. The van der Waals surface area contributed by atoms with Crippen molar-refractivity contribution in [2.24, 2.45) is 0 Å². The van der Waals surface area contributed by atoms with Crippen LogP contribution in [0.25, 0.3) is 0 Å². The molecule has 0 saturated heterocycles. The van der Waals surface area contributed by atoms with Gasteiger partial charge in [-0.3, -0.25) is 0 Å². The lowest BCUT2D eigenvalue weighted by molar-refractivity contribution is -0.390. The van der Waals surface area contributed by atoms with Gasteiger partial charge in [0.05, 0.1) is 18.4 Å². The number of nitro groups is 1. The van der Waals surface area contributed by atoms with Gasteiger partial charge in [0.25, 0.3) is 0 Å². The van der Waals surface area contributed by atoms with E-state index in [0.717, 1.165) is 13.2 Å². The Balaban J connectivity index is 2.68. The van der Waals surface area contributed by atoms with Gasteiger partial charge in [0.2, 0.25) is 0 Å². The average Bonchev–Trinajstić information content (AvgIpc) is 2.77. The van der Waals surface area contributed by atoms with Crippen LogP contribution in [0.3, 0.4) is 0 Å². The summed E-state index contributed by atoms with van der Waals surface area (Å²) in [5, 5.41) is 14.5. The van der Waals surface area contributed by atoms with Crippen molar-refractivity contribution in [3.05, 3.63) is 21.9 Å². The van der Waals surface area contributed by atoms with Gasteiger partial charge in [0.15, 0.2) is 12.3 Å². The normalized spacial score (nSPS) is 11.4. The molecule has 0 aliphatic carbocycles. The summed E-state index contributed by atoms with van der Waals surface area (Å²) in [5.41, 5.74) is -0.175. The van der Waals surface area contributed by atoms with Crippen LogP contribution in [0.1, 0.15) is 10.4 Å². The van der Waals surface area contributed by atoms with Gasteiger partial charge < -0.3 is 19.6 Å². The minimum atomic E-state index is -1.18. The molecule has 0 spiro atoms. The number of aromatic nitrogens is 2. The first-order valence-corrected chi connectivity index (χ1v) is 9.83. The van der Waals surface area contributed by atoms with E-state index in [-0.39, 0.29) is 12.3 Å². The van der Waals surface area contributed by atoms with Gasteiger partial charge in [-0.05, 0) is 11.0 Å². The van der Waals surface area contributed by atoms with Crippen LogP contribution in [-0.4, -0.2) is 42.5 Å². The molecular formula is C11H19N3O5Si. The highest BCUT2D eigenvalue weighted by molar-refractivity contribution is 6.76. The van der Waals surface area contributed by atoms with Crippen LogP contribution >= 0.6 is 0 Å². The fourth-order valence-electron chi connectivity index (χ4n) is 1.40. The number of carbonyl (C=O) groups excluding carboxylic acids is 1. The van der Waals surface area contributed by atoms with Gasteiger partial charge in [0, 0.05) is 14.7 Å². The maximum absolute atomic E-state index is 11.4. The molecule has 0 radical (unpaired) electrons. The summed E-state index contributed by atoms with van der Waals surface area (Å²) in [6, 6.07) is 0.986. The molecule has 0 unspecified atom stereocenters. The third-order valence-corrected chi connectivity index (χ3v) is 4.24. The van der Waals surface area contributed by atoms with E-state index >= 15 is 0 Å². The highest BCUT2D eigenvalue weighted by Gasteiger charge is 2.27. The second-order valence-corrected chi connectivity index (χ2v) is 11.1. The van der Waals surface area contributed by atoms with Crippen LogP contribution in [0.15, 0.2) is 6.20 Å². The molecule has 0 N–H and O–H groups in total. The van der Waals surface area contributed by atoms with Gasteiger partial charge in [-0.15, -0.1) is 0 Å². The number of ether oxygens (including phenoxy) is 2. The molecule has 0 bridgehead atoms. The number of nitrogens with zero attached hydrogens (tertiary/aromatic N) is 3. The molecule has 1 rings (SSSR count). The SMILES string of the molecule is COC(=O)c1cn(COCC[Si](C)(C)C)nc1[N+](=O)[O-]. The van der Waals surface area contributed by atoms with Crippen LogP contribution < -0.4 is 0 Å². The van der Waals surface area contributed by atoms with Crippen molar-refractivity contribution in [2.45, 2.75) is 32.4 Å². The van der Waals surface area contributed by atoms with Gasteiger partial charge in [-0.1, -0.05) is 19.6 Å². The molecule has 8 nitrogen and oxygen atoms in total. The number of hydrogen-bond donors (Lipinski definition) is 0. The standard InChI is InChI=1S/C11H19N3O5Si/c1-18-11(15)9-7-13(12-10(9)14(16)17)8-19-5-6-20(2,3)4/h7H,5-6,8H2,1-4H3. The number of esters is 1. The van der Waals surface area contributed by atoms with E-state index in [2.05, 4.69) is 29.5 Å². The number of methoxy groups -OCH3 is 1. The first-order chi connectivity index (χ1) is 9.24. The van der Waals surface area contributed by atoms with Crippen molar-refractivity contribution < 1.29 is 19.2 Å². The second kappa shape index (κ2) is 6.62. The molecule has 0 aliphatic heterocycles. The highest BCUT2D eigenvalue weighted by atomic mass is 28.3. The first kappa shape index (κ1) is 16.3. The van der Waals surface area contributed by atoms with E-state index < -0.39 is 24.8 Å². The Kier molecular flexibility index (Phi) is 5.40. The zero-order chi connectivity index (χ0) is 15.3. The van der Waals surface area contributed by atoms with Crippen molar-refractivity contribution in [1.82, 2.24) is 9.78 Å². The Labute approximate surface area is 117 Å². The topological polar surface area (TPSA) is 96.5 Å². The van der Waals surface area contributed by atoms with Gasteiger partial charge in [-0.25, -0.2) is 4.79 Å². The fraction of sp³-hybridized carbons (Fsp3) is 0.636. The molecule has 1 aromatic heterocycles. The van der Waals surface area contributed by atoms with Crippen LogP contribution in [-0.2, 0) is 16.2 Å². The molecule has 0 atom stereocenters. The van der Waals surface area contributed by atoms with E-state index in [1.54, 1.807) is 0 Å². The minimum absolute atomic E-state index is 0.0717. The lowest BCUT2D eigenvalue weighted by atomic mass is 10.3. The summed E-state index contributed by atoms with van der Waals surface area (Å²) >= 11 is 0. The van der Waals surface area contributed by atoms with Crippen molar-refractivity contribution >= 4 is 19.9 Å². The van der Waals surface area contributed by atoms with Crippen molar-refractivity contribution in [3.63, 3.8) is 0 Å². The Bertz CT molecular complexity index is 495. The summed E-state index contributed by atoms with van der Waals surface area (Å²) in [5.74, 6) is -1.31. The van der Waals surface area contributed by atoms with Crippen molar-refractivity contribution in [1.29, 1.82) is 0 Å². The molecule has 112 valence electrons. The third-order valence-electron chi connectivity index (χ3n) is 2.54. The molecule has 1 aromatic rings. The predicted molar refractivity (Wildman–Crippen MR) is 74.3 cm³/mol. The smallest absolute Gasteiger partial charge is 0.404 e. The summed E-state index contributed by atoms with van der Waals surface area (Å²) < 4.78 is 11.1. The summed E-state index contributed by atoms with van der Waals surface area (Å²) in [7, 11) is -0.0191. The first-order valence-electron chi connectivity index (χ1n) is 6.12. The summed E-state index contributed by atoms with van der Waals surface area (Å²) in [6.45, 7) is 7.32. The molecule has 9 heteroatoms. The molecule has 20 heavy (non-hydrogen) atoms. The molecule has 0 aromatic carbocycles. The van der Waals surface area contributed by atoms with Crippen LogP contribution in [0.5, 0.6) is 0 Å². The summed E-state index contributed by atoms with van der Waals surface area (Å²) in [6.07, 6.45) is 1.26. The van der Waals surface area contributed by atoms with Crippen molar-refractivity contribution in [2.75, 3.05) is 13.7 Å². The lowest BCUT2D eigenvalue weighted by Crippen LogP contribution is -2.22. The molecule has 1 heterocycles. The van der Waals surface area contributed by atoms with E-state index in [1.165, 1.54) is 10.9 Å². The van der Waals surface area contributed by atoms with E-state index in [4.69, 9.17) is 4.74 Å². The maximum Gasteiger partial charge on any atom is 0.404 e. The Morgan fingerprint density at radius 1 is 1.50 bits per heavy atom. The van der Waals surface area contributed by atoms with Gasteiger partial charge in [-0.2, -0.15) is 4.68 Å². The number of carbonyl (C=O) groups is 1. The predicted octanol–water partition coefficient (Wildman–Crippen LogP) is 1.89. The van der Waals surface area contributed by atoms with Crippen LogP contribution in [0, 0.1) is 10.1 Å². The lowest BCUT2D eigenvalue weighted by Gasteiger charge is -2.14. The Hall–Kier alpha value is -1.74. The molecule has 0 aliphatic rings. The Morgan fingerprint density at radius 2 is 2.15 bits per heavy atom. The molecule has 0 fully saturated rings. The van der Waals surface area contributed by atoms with E-state index in [9.17, 15) is 14.9 Å². The van der Waals surface area contributed by atoms with E-state index in [1.807, 2.05) is 0 Å². The monoisotopic (exact) mass is 301 g/mol. The average molecular weight is 301 g/mol. The zero-order valence-corrected chi connectivity index (χ0v) is 13.1. The molecule has 0 saturated carbocycles. The minimum Gasteiger partial charge on any atom is -0.465 e. The quantitative estimate of drug-likeness (QED) is 0.251. The van der Waals surface area contributed by atoms with Gasteiger partial charge >= 0.3 is 11.8 Å². The van der Waals surface area contributed by atoms with E-state index in [0.29, 0.717) is 6.61 Å². The third kappa shape index (κ3) is 4.74.